The van der Waals surface area contributed by atoms with Crippen molar-refractivity contribution in [3.63, 3.8) is 0 Å². The van der Waals surface area contributed by atoms with Crippen molar-refractivity contribution in [3.05, 3.63) is 0 Å². The minimum Gasteiger partial charge on any atom is -0.199 e. The summed E-state index contributed by atoms with van der Waals surface area (Å²) in [5.41, 5.74) is 2.84. The lowest BCUT2D eigenvalue weighted by molar-refractivity contribution is -0.150. The van der Waals surface area contributed by atoms with Gasteiger partial charge >= 0.3 is 10.8 Å². The topological polar surface area (TPSA) is 0 Å². The third-order valence-corrected chi connectivity index (χ3v) is 2.95. The molecule has 0 atom stereocenters. The second kappa shape index (κ2) is 4.87. The average Bonchev–Trinajstić information content (AvgIpc) is 1.94. The zero-order valence-corrected chi connectivity index (χ0v) is 11.4. The highest BCUT2D eigenvalue weighted by atomic mass is 79.9. The zero-order chi connectivity index (χ0) is 12.3. The van der Waals surface area contributed by atoms with Crippen LogP contribution in [-0.2, 0) is 0 Å². The molecule has 0 unspecified atom stereocenters. The molecule has 0 radical (unpaired) electrons. The fourth-order valence-electron chi connectivity index (χ4n) is 0.689. The predicted octanol–water partition coefficient (Wildman–Crippen LogP) is 4.27. The first-order valence-corrected chi connectivity index (χ1v) is 8.70. The van der Waals surface area contributed by atoms with Gasteiger partial charge in [0.1, 0.15) is 8.07 Å². The average molecular weight is 305 g/mol. The summed E-state index contributed by atoms with van der Waals surface area (Å²) < 4.78 is 50.0. The molecular weight excluding hydrogens is 292 g/mol. The molecule has 0 heterocycles. The molecule has 0 saturated heterocycles. The lowest BCUT2D eigenvalue weighted by atomic mass is 10.2. The maximum atomic E-state index is 12.7. The van der Waals surface area contributed by atoms with Gasteiger partial charge in [-0.15, -0.1) is 11.5 Å². The van der Waals surface area contributed by atoms with E-state index in [1.54, 1.807) is 15.9 Å². The molecule has 15 heavy (non-hydrogen) atoms. The van der Waals surface area contributed by atoms with Gasteiger partial charge in [0, 0.05) is 12.8 Å². The smallest absolute Gasteiger partial charge is 0.199 e. The summed E-state index contributed by atoms with van der Waals surface area (Å²) in [7, 11) is -1.60. The van der Waals surface area contributed by atoms with Gasteiger partial charge in [-0.2, -0.15) is 17.6 Å². The second-order valence-electron chi connectivity index (χ2n) is 4.25. The lowest BCUT2D eigenvalue weighted by Crippen LogP contribution is -2.34. The van der Waals surface area contributed by atoms with Gasteiger partial charge in [0.2, 0.25) is 0 Å². The van der Waals surface area contributed by atoms with Crippen LogP contribution in [0.3, 0.4) is 0 Å². The fourth-order valence-corrected chi connectivity index (χ4v) is 1.54. The molecule has 0 aromatic heterocycles. The summed E-state index contributed by atoms with van der Waals surface area (Å²) in [6.45, 7) is 5.87. The molecule has 88 valence electrons. The maximum Gasteiger partial charge on any atom is 0.363 e. The summed E-state index contributed by atoms with van der Waals surface area (Å²) in [4.78, 5) is -4.15. The van der Waals surface area contributed by atoms with Crippen molar-refractivity contribution < 1.29 is 17.6 Å². The third-order valence-electron chi connectivity index (χ3n) is 1.44. The molecule has 0 aliphatic rings. The van der Waals surface area contributed by atoms with Gasteiger partial charge in [-0.1, -0.05) is 19.6 Å². The Bertz CT molecular complexity index is 267. The van der Waals surface area contributed by atoms with E-state index in [-0.39, 0.29) is 6.42 Å². The van der Waals surface area contributed by atoms with Crippen molar-refractivity contribution >= 4 is 24.0 Å². The summed E-state index contributed by atoms with van der Waals surface area (Å²) in [6, 6.07) is 0. The predicted molar refractivity (Wildman–Crippen MR) is 59.2 cm³/mol. The van der Waals surface area contributed by atoms with E-state index in [1.807, 2.05) is 19.6 Å². The van der Waals surface area contributed by atoms with E-state index in [0.717, 1.165) is 0 Å². The van der Waals surface area contributed by atoms with Crippen LogP contribution in [0.25, 0.3) is 0 Å². The van der Waals surface area contributed by atoms with Crippen molar-refractivity contribution in [3.8, 4) is 11.5 Å². The molecule has 0 aromatic carbocycles. The van der Waals surface area contributed by atoms with E-state index in [9.17, 15) is 17.6 Å². The molecule has 0 bridgehead atoms. The first-order chi connectivity index (χ1) is 6.46. The minimum atomic E-state index is -4.15. The molecule has 0 saturated carbocycles. The lowest BCUT2D eigenvalue weighted by Gasteiger charge is -2.20. The zero-order valence-electron chi connectivity index (χ0n) is 8.80. The van der Waals surface area contributed by atoms with Gasteiger partial charge in [0.05, 0.1) is 0 Å². The third kappa shape index (κ3) is 6.20. The highest BCUT2D eigenvalue weighted by Crippen LogP contribution is 2.42. The van der Waals surface area contributed by atoms with Crippen LogP contribution in [0.15, 0.2) is 0 Å². The van der Waals surface area contributed by atoms with E-state index in [1.165, 1.54) is 0 Å². The van der Waals surface area contributed by atoms with Crippen LogP contribution >= 0.6 is 15.9 Å². The fraction of sp³-hybridized carbons (Fsp3) is 0.778. The Morgan fingerprint density at radius 3 is 1.93 bits per heavy atom. The van der Waals surface area contributed by atoms with Crippen LogP contribution in [0.5, 0.6) is 0 Å². The molecule has 0 rings (SSSR count). The van der Waals surface area contributed by atoms with Crippen LogP contribution in [0, 0.1) is 11.5 Å². The van der Waals surface area contributed by atoms with Crippen molar-refractivity contribution in [2.24, 2.45) is 0 Å². The van der Waals surface area contributed by atoms with Crippen LogP contribution in [0.4, 0.5) is 17.6 Å². The Kier molecular flexibility index (Phi) is 4.87. The first-order valence-electron chi connectivity index (χ1n) is 4.40. The van der Waals surface area contributed by atoms with Gasteiger partial charge in [0.15, 0.2) is 0 Å². The Balaban J connectivity index is 4.23. The van der Waals surface area contributed by atoms with Crippen LogP contribution in [0.1, 0.15) is 12.8 Å². The van der Waals surface area contributed by atoms with Crippen molar-refractivity contribution in [1.82, 2.24) is 0 Å². The Morgan fingerprint density at radius 2 is 1.60 bits per heavy atom. The molecule has 0 spiro atoms. The molecule has 0 nitrogen and oxygen atoms in total. The van der Waals surface area contributed by atoms with E-state index >= 15 is 0 Å². The van der Waals surface area contributed by atoms with Gasteiger partial charge in [-0.05, 0) is 15.9 Å². The minimum absolute atomic E-state index is 0.210. The van der Waals surface area contributed by atoms with Crippen molar-refractivity contribution in [2.45, 2.75) is 43.2 Å². The molecule has 0 aliphatic carbocycles. The Hall–Kier alpha value is -0.0231. The van der Waals surface area contributed by atoms with Crippen molar-refractivity contribution in [1.29, 1.82) is 0 Å². The van der Waals surface area contributed by atoms with Gasteiger partial charge < -0.3 is 0 Å². The van der Waals surface area contributed by atoms with Crippen molar-refractivity contribution in [2.75, 3.05) is 0 Å². The van der Waals surface area contributed by atoms with Gasteiger partial charge in [-0.25, -0.2) is 0 Å². The molecule has 0 aromatic rings. The van der Waals surface area contributed by atoms with Gasteiger partial charge in [-0.3, -0.25) is 0 Å². The van der Waals surface area contributed by atoms with E-state index in [0.29, 0.717) is 0 Å². The molecule has 0 amide bonds. The molecule has 0 fully saturated rings. The summed E-state index contributed by atoms with van der Waals surface area (Å²) in [5.74, 6) is -1.51. The highest BCUT2D eigenvalue weighted by Gasteiger charge is 2.53. The van der Waals surface area contributed by atoms with Crippen LogP contribution < -0.4 is 0 Å². The number of alkyl halides is 5. The number of hydrogen-bond donors (Lipinski definition) is 0. The molecule has 0 N–H and O–H groups in total. The van der Waals surface area contributed by atoms with E-state index in [4.69, 9.17) is 0 Å². The SMILES string of the molecule is C[Si](C)(C)C#CCCC(F)(F)C(F)(F)Br. The maximum absolute atomic E-state index is 12.7. The molecule has 6 heteroatoms. The number of hydrogen-bond acceptors (Lipinski definition) is 0. The second-order valence-corrected chi connectivity index (χ2v) is 10.00. The van der Waals surface area contributed by atoms with Gasteiger partial charge in [0.25, 0.3) is 0 Å². The van der Waals surface area contributed by atoms with E-state index in [2.05, 4.69) is 11.5 Å². The highest BCUT2D eigenvalue weighted by molar-refractivity contribution is 9.10. The van der Waals surface area contributed by atoms with Crippen LogP contribution in [0.2, 0.25) is 19.6 Å². The first kappa shape index (κ1) is 15.0. The van der Waals surface area contributed by atoms with Crippen LogP contribution in [-0.4, -0.2) is 18.8 Å². The molecular formula is C9H13BrF4Si. The molecule has 0 aliphatic heterocycles. The summed E-state index contributed by atoms with van der Waals surface area (Å²) >= 11 is 1.67. The standard InChI is InChI=1S/C9H13BrF4Si/c1-15(2,3)7-5-4-6-8(11,12)9(10,13)14/h4,6H2,1-3H3. The number of halogens is 5. The largest absolute Gasteiger partial charge is 0.363 e. The summed E-state index contributed by atoms with van der Waals surface area (Å²) in [5, 5.41) is 0. The normalized spacial score (nSPS) is 13.3. The van der Waals surface area contributed by atoms with E-state index < -0.39 is 25.2 Å². The monoisotopic (exact) mass is 304 g/mol. The number of rotatable bonds is 3. The Labute approximate surface area is 96.6 Å². The quantitative estimate of drug-likeness (QED) is 0.316. The summed E-state index contributed by atoms with van der Waals surface area (Å²) in [6.07, 6.45) is -1.14. The Morgan fingerprint density at radius 1 is 1.13 bits per heavy atom.